The molecule has 12 heteroatoms. The van der Waals surface area contributed by atoms with Crippen molar-refractivity contribution in [2.45, 2.75) is 19.8 Å². The number of carbonyl (C=O) groups is 2. The van der Waals surface area contributed by atoms with Crippen LogP contribution in [0.25, 0.3) is 0 Å². The van der Waals surface area contributed by atoms with E-state index in [0.29, 0.717) is 98.9 Å². The third kappa shape index (κ3) is 28.7. The van der Waals surface area contributed by atoms with Crippen molar-refractivity contribution in [3.8, 4) is 0 Å². The lowest BCUT2D eigenvalue weighted by Gasteiger charge is -2.08. The fourth-order valence-electron chi connectivity index (χ4n) is 2.19. The van der Waals surface area contributed by atoms with Crippen LogP contribution in [0.2, 0.25) is 0 Å². The summed E-state index contributed by atoms with van der Waals surface area (Å²) in [4.78, 5) is 21.4. The lowest BCUT2D eigenvalue weighted by molar-refractivity contribution is -0.145. The zero-order valence-corrected chi connectivity index (χ0v) is 20.4. The van der Waals surface area contributed by atoms with Crippen LogP contribution in [0.1, 0.15) is 19.8 Å². The average Bonchev–Trinajstić information content (AvgIpc) is 2.81. The molecule has 0 radical (unpaired) electrons. The van der Waals surface area contributed by atoms with E-state index in [0.717, 1.165) is 6.42 Å². The molecule has 1 N–H and O–H groups in total. The number of hydrogen-bond donors (Lipinski definition) is 1. The number of aliphatic carboxylic acids is 1. The van der Waals surface area contributed by atoms with Gasteiger partial charge < -0.3 is 47.7 Å². The van der Waals surface area contributed by atoms with Gasteiger partial charge in [-0.2, -0.15) is 0 Å². The molecule has 0 aliphatic carbocycles. The molecule has 34 heavy (non-hydrogen) atoms. The van der Waals surface area contributed by atoms with Crippen LogP contribution >= 0.6 is 0 Å². The van der Waals surface area contributed by atoms with Crippen molar-refractivity contribution in [1.82, 2.24) is 0 Å². The van der Waals surface area contributed by atoms with E-state index in [2.05, 4.69) is 0 Å². The molecule has 0 atom stereocenters. The van der Waals surface area contributed by atoms with Gasteiger partial charge in [-0.3, -0.25) is 4.79 Å². The highest BCUT2D eigenvalue weighted by Crippen LogP contribution is 1.91. The first kappa shape index (κ1) is 32.6. The summed E-state index contributed by atoms with van der Waals surface area (Å²) >= 11 is 0. The van der Waals surface area contributed by atoms with Crippen LogP contribution in [0, 0.1) is 0 Å². The van der Waals surface area contributed by atoms with Gasteiger partial charge in [-0.15, -0.1) is 0 Å². The molecule has 0 saturated heterocycles. The maximum absolute atomic E-state index is 11.1. The van der Waals surface area contributed by atoms with Gasteiger partial charge in [0.1, 0.15) is 13.2 Å². The molecule has 0 spiro atoms. The van der Waals surface area contributed by atoms with Crippen LogP contribution in [0.4, 0.5) is 0 Å². The Labute approximate surface area is 202 Å². The lowest BCUT2D eigenvalue weighted by atomic mass is 10.3. The van der Waals surface area contributed by atoms with E-state index in [1.165, 1.54) is 0 Å². The second-order valence-electron chi connectivity index (χ2n) is 6.70. The van der Waals surface area contributed by atoms with Crippen LogP contribution in [0.5, 0.6) is 0 Å². The van der Waals surface area contributed by atoms with E-state index in [9.17, 15) is 9.59 Å². The predicted molar refractivity (Wildman–Crippen MR) is 120 cm³/mol. The van der Waals surface area contributed by atoms with Gasteiger partial charge in [-0.1, -0.05) is 6.92 Å². The first-order valence-corrected chi connectivity index (χ1v) is 11.7. The number of esters is 1. The average molecular weight is 499 g/mol. The minimum Gasteiger partial charge on any atom is -0.480 e. The molecule has 0 aliphatic heterocycles. The Kier molecular flexibility index (Phi) is 26.7. The summed E-state index contributed by atoms with van der Waals surface area (Å²) in [5.41, 5.74) is 0. The van der Waals surface area contributed by atoms with E-state index in [-0.39, 0.29) is 25.8 Å². The van der Waals surface area contributed by atoms with Crippen LogP contribution in [-0.4, -0.2) is 129 Å². The molecule has 0 aromatic rings. The number of carbonyl (C=O) groups excluding carboxylic acids is 1. The molecular weight excluding hydrogens is 456 g/mol. The molecule has 0 heterocycles. The number of carboxylic acid groups (broad SMARTS) is 1. The molecule has 0 saturated carbocycles. The summed E-state index contributed by atoms with van der Waals surface area (Å²) < 4.78 is 47.2. The zero-order valence-electron chi connectivity index (χ0n) is 20.4. The largest absolute Gasteiger partial charge is 0.480 e. The minimum atomic E-state index is -0.997. The Morgan fingerprint density at radius 3 is 1.09 bits per heavy atom. The van der Waals surface area contributed by atoms with E-state index in [1.807, 2.05) is 6.92 Å². The van der Waals surface area contributed by atoms with Gasteiger partial charge in [0.15, 0.2) is 0 Å². The number of rotatable bonds is 28. The van der Waals surface area contributed by atoms with Gasteiger partial charge in [0.25, 0.3) is 0 Å². The highest BCUT2D eigenvalue weighted by atomic mass is 16.6. The maximum Gasteiger partial charge on any atom is 0.329 e. The quantitative estimate of drug-likeness (QED) is 0.119. The third-order valence-corrected chi connectivity index (χ3v) is 3.77. The van der Waals surface area contributed by atoms with Crippen LogP contribution < -0.4 is 0 Å². The van der Waals surface area contributed by atoms with Crippen molar-refractivity contribution in [2.24, 2.45) is 0 Å². The molecule has 0 aromatic carbocycles. The molecule has 0 amide bonds. The van der Waals surface area contributed by atoms with Crippen LogP contribution in [0.15, 0.2) is 0 Å². The van der Waals surface area contributed by atoms with Crippen molar-refractivity contribution in [3.63, 3.8) is 0 Å². The van der Waals surface area contributed by atoms with Crippen LogP contribution in [-0.2, 0) is 52.2 Å². The van der Waals surface area contributed by atoms with Gasteiger partial charge in [-0.05, 0) is 6.42 Å². The second-order valence-corrected chi connectivity index (χ2v) is 6.70. The van der Waals surface area contributed by atoms with Crippen molar-refractivity contribution in [2.75, 3.05) is 112 Å². The molecule has 0 unspecified atom stereocenters. The molecular formula is C22H42O12. The van der Waals surface area contributed by atoms with E-state index in [1.54, 1.807) is 0 Å². The molecule has 0 bridgehead atoms. The Morgan fingerprint density at radius 1 is 0.500 bits per heavy atom. The SMILES string of the molecule is CCCC(=O)OCCOCCOCCOCCOCCOCCOCCOCCOCC(=O)O. The smallest absolute Gasteiger partial charge is 0.329 e. The summed E-state index contributed by atoms with van der Waals surface area (Å²) in [6.45, 7) is 8.35. The number of hydrogen-bond acceptors (Lipinski definition) is 11. The molecule has 0 fully saturated rings. The van der Waals surface area contributed by atoms with Gasteiger partial charge in [0, 0.05) is 6.42 Å². The Hall–Kier alpha value is -1.38. The predicted octanol–water partition coefficient (Wildman–Crippen LogP) is 0.547. The fourth-order valence-corrected chi connectivity index (χ4v) is 2.19. The number of ether oxygens (including phenoxy) is 9. The van der Waals surface area contributed by atoms with Crippen LogP contribution in [0.3, 0.4) is 0 Å². The van der Waals surface area contributed by atoms with Gasteiger partial charge in [0.2, 0.25) is 0 Å². The maximum atomic E-state index is 11.1. The zero-order chi connectivity index (χ0) is 25.0. The highest BCUT2D eigenvalue weighted by Gasteiger charge is 2.00. The first-order valence-electron chi connectivity index (χ1n) is 11.7. The minimum absolute atomic E-state index is 0.194. The molecule has 0 aromatic heterocycles. The van der Waals surface area contributed by atoms with Gasteiger partial charge >= 0.3 is 11.9 Å². The molecule has 0 aliphatic rings. The standard InChI is InChI=1S/C22H42O12/c1-2-3-22(25)34-19-18-32-15-14-30-11-10-28-7-6-26-4-5-27-8-9-29-12-13-31-16-17-33-20-21(23)24/h2-20H2,1H3,(H,23,24). The van der Waals surface area contributed by atoms with E-state index >= 15 is 0 Å². The van der Waals surface area contributed by atoms with E-state index in [4.69, 9.17) is 47.7 Å². The third-order valence-electron chi connectivity index (χ3n) is 3.77. The molecule has 12 nitrogen and oxygen atoms in total. The summed E-state index contributed by atoms with van der Waals surface area (Å²) in [6.07, 6.45) is 1.22. The van der Waals surface area contributed by atoms with Crippen molar-refractivity contribution >= 4 is 11.9 Å². The topological polar surface area (TPSA) is 137 Å². The first-order chi connectivity index (χ1) is 16.7. The Bertz CT molecular complexity index is 450. The van der Waals surface area contributed by atoms with Gasteiger partial charge in [-0.25, -0.2) is 4.79 Å². The highest BCUT2D eigenvalue weighted by molar-refractivity contribution is 5.69. The Balaban J connectivity index is 3.05. The Morgan fingerprint density at radius 2 is 0.794 bits per heavy atom. The number of carboxylic acids is 1. The summed E-state index contributed by atoms with van der Waals surface area (Å²) in [7, 11) is 0. The monoisotopic (exact) mass is 498 g/mol. The summed E-state index contributed by atoms with van der Waals surface area (Å²) in [5.74, 6) is -1.19. The van der Waals surface area contributed by atoms with Crippen molar-refractivity contribution in [1.29, 1.82) is 0 Å². The van der Waals surface area contributed by atoms with Crippen molar-refractivity contribution < 1.29 is 57.3 Å². The normalized spacial score (nSPS) is 11.1. The molecule has 0 rings (SSSR count). The van der Waals surface area contributed by atoms with Gasteiger partial charge in [0.05, 0.1) is 99.1 Å². The van der Waals surface area contributed by atoms with E-state index < -0.39 is 5.97 Å². The summed E-state index contributed by atoms with van der Waals surface area (Å²) in [5, 5.41) is 8.39. The molecule has 202 valence electrons. The lowest BCUT2D eigenvalue weighted by Crippen LogP contribution is -2.15. The fraction of sp³-hybridized carbons (Fsp3) is 0.909. The van der Waals surface area contributed by atoms with Crippen molar-refractivity contribution in [3.05, 3.63) is 0 Å². The second kappa shape index (κ2) is 27.9. The summed E-state index contributed by atoms with van der Waals surface area (Å²) in [6, 6.07) is 0.